The van der Waals surface area contributed by atoms with Crippen molar-refractivity contribution in [2.75, 3.05) is 11.9 Å². The predicted molar refractivity (Wildman–Crippen MR) is 125 cm³/mol. The van der Waals surface area contributed by atoms with E-state index < -0.39 is 6.09 Å². The molecule has 0 saturated heterocycles. The van der Waals surface area contributed by atoms with E-state index in [1.165, 1.54) is 23.7 Å². The van der Waals surface area contributed by atoms with Crippen LogP contribution in [0.5, 0.6) is 0 Å². The summed E-state index contributed by atoms with van der Waals surface area (Å²) in [5.41, 5.74) is 2.50. The highest BCUT2D eigenvalue weighted by Crippen LogP contribution is 2.39. The summed E-state index contributed by atoms with van der Waals surface area (Å²) in [5, 5.41) is 15.8. The maximum Gasteiger partial charge on any atom is 0.407 e. The van der Waals surface area contributed by atoms with Gasteiger partial charge in [-0.25, -0.2) is 4.79 Å². The fraction of sp³-hybridized carbons (Fsp3) is 0.292. The number of nitrogens with zero attached hydrogens (tertiary/aromatic N) is 2. The van der Waals surface area contributed by atoms with Crippen LogP contribution < -0.4 is 10.6 Å². The van der Waals surface area contributed by atoms with E-state index in [0.29, 0.717) is 42.3 Å². The number of hydrogen-bond acceptors (Lipinski definition) is 6. The molecule has 0 saturated carbocycles. The first kappa shape index (κ1) is 22.4. The zero-order valence-corrected chi connectivity index (χ0v) is 19.0. The molecule has 2 N–H and O–H groups in total. The summed E-state index contributed by atoms with van der Waals surface area (Å²) in [7, 11) is 1.92. The molecular formula is C24H24N4O4S. The van der Waals surface area contributed by atoms with Gasteiger partial charge in [-0.3, -0.25) is 4.79 Å². The number of nitrogens with one attached hydrogen (secondary N) is 2. The summed E-state index contributed by atoms with van der Waals surface area (Å²) in [6.07, 6.45) is 8.20. The van der Waals surface area contributed by atoms with Gasteiger partial charge >= 0.3 is 6.09 Å². The standard InChI is InChI=1S/C24H24N4O4S/c1-28-10-2-4-17(28)14-26-24(30)32-15-16-6-8-19-20(13-25)23(33-21(19)12-16)27-22(29)9-7-18-5-3-11-31-18/h2-5,7,9-11,16H,6,8,12,14-15H2,1H3,(H,26,30)(H,27,29). The smallest absolute Gasteiger partial charge is 0.407 e. The monoisotopic (exact) mass is 464 g/mol. The zero-order valence-electron chi connectivity index (χ0n) is 18.2. The second-order valence-corrected chi connectivity index (χ2v) is 8.93. The van der Waals surface area contributed by atoms with Gasteiger partial charge in [-0.1, -0.05) is 0 Å². The molecule has 0 fully saturated rings. The zero-order chi connectivity index (χ0) is 23.2. The third kappa shape index (κ3) is 5.54. The van der Waals surface area contributed by atoms with Gasteiger partial charge in [0.1, 0.15) is 16.8 Å². The fourth-order valence-electron chi connectivity index (χ4n) is 3.79. The number of ether oxygens (including phenoxy) is 1. The maximum absolute atomic E-state index is 12.3. The number of aromatic nitrogens is 1. The van der Waals surface area contributed by atoms with Crippen molar-refractivity contribution in [3.05, 3.63) is 70.3 Å². The number of nitriles is 1. The van der Waals surface area contributed by atoms with Crippen LogP contribution in [0, 0.1) is 17.2 Å². The number of thiophene rings is 1. The topological polar surface area (TPSA) is 109 Å². The Hall–Kier alpha value is -3.77. The fourth-order valence-corrected chi connectivity index (χ4v) is 5.10. The lowest BCUT2D eigenvalue weighted by atomic mass is 9.88. The van der Waals surface area contributed by atoms with Gasteiger partial charge in [0.05, 0.1) is 25.0 Å². The number of carbonyl (C=O) groups excluding carboxylic acids is 2. The molecule has 3 aromatic rings. The average Bonchev–Trinajstić information content (AvgIpc) is 3.54. The molecule has 2 amide bonds. The molecule has 1 aliphatic rings. The Morgan fingerprint density at radius 1 is 1.39 bits per heavy atom. The molecule has 3 aromatic heterocycles. The van der Waals surface area contributed by atoms with Crippen LogP contribution in [0.15, 0.2) is 47.2 Å². The highest BCUT2D eigenvalue weighted by atomic mass is 32.1. The van der Waals surface area contributed by atoms with Crippen molar-refractivity contribution in [3.8, 4) is 6.07 Å². The lowest BCUT2D eigenvalue weighted by Gasteiger charge is -2.21. The molecule has 9 heteroatoms. The van der Waals surface area contributed by atoms with Crippen LogP contribution in [0.2, 0.25) is 0 Å². The quantitative estimate of drug-likeness (QED) is 0.509. The molecule has 4 rings (SSSR count). The number of alkyl carbamates (subject to hydrolysis) is 1. The van der Waals surface area contributed by atoms with Crippen LogP contribution in [-0.2, 0) is 36.0 Å². The summed E-state index contributed by atoms with van der Waals surface area (Å²) >= 11 is 1.42. The Morgan fingerprint density at radius 2 is 2.27 bits per heavy atom. The second-order valence-electron chi connectivity index (χ2n) is 7.83. The molecule has 0 aromatic carbocycles. The minimum absolute atomic E-state index is 0.172. The van der Waals surface area contributed by atoms with Gasteiger partial charge in [0.15, 0.2) is 0 Å². The highest BCUT2D eigenvalue weighted by Gasteiger charge is 2.27. The number of rotatable bonds is 7. The third-order valence-corrected chi connectivity index (χ3v) is 6.74. The van der Waals surface area contributed by atoms with E-state index >= 15 is 0 Å². The van der Waals surface area contributed by atoms with Gasteiger partial charge in [-0.2, -0.15) is 5.26 Å². The second kappa shape index (κ2) is 10.2. The number of hydrogen-bond donors (Lipinski definition) is 2. The van der Waals surface area contributed by atoms with E-state index in [-0.39, 0.29) is 11.8 Å². The van der Waals surface area contributed by atoms with Gasteiger partial charge < -0.3 is 24.4 Å². The van der Waals surface area contributed by atoms with Crippen molar-refractivity contribution < 1.29 is 18.7 Å². The summed E-state index contributed by atoms with van der Waals surface area (Å²) in [5.74, 6) is 0.425. The molecule has 0 radical (unpaired) electrons. The van der Waals surface area contributed by atoms with Crippen LogP contribution in [0.1, 0.15) is 33.9 Å². The molecule has 1 atom stereocenters. The lowest BCUT2D eigenvalue weighted by Crippen LogP contribution is -2.28. The largest absolute Gasteiger partial charge is 0.465 e. The molecule has 0 aliphatic heterocycles. The first-order chi connectivity index (χ1) is 16.0. The molecule has 0 spiro atoms. The van der Waals surface area contributed by atoms with Crippen molar-refractivity contribution in [2.45, 2.75) is 25.8 Å². The van der Waals surface area contributed by atoms with Crippen molar-refractivity contribution in [1.82, 2.24) is 9.88 Å². The third-order valence-electron chi connectivity index (χ3n) is 5.57. The number of furan rings is 1. The Bertz CT molecular complexity index is 1200. The van der Waals surface area contributed by atoms with Crippen LogP contribution in [0.4, 0.5) is 9.80 Å². The minimum Gasteiger partial charge on any atom is -0.465 e. The summed E-state index contributed by atoms with van der Waals surface area (Å²) in [4.78, 5) is 25.4. The van der Waals surface area contributed by atoms with Crippen LogP contribution in [-0.4, -0.2) is 23.2 Å². The number of aryl methyl sites for hydroxylation is 1. The Balaban J connectivity index is 1.31. The normalized spacial score (nSPS) is 15.1. The Labute approximate surface area is 195 Å². The summed E-state index contributed by atoms with van der Waals surface area (Å²) in [6, 6.07) is 9.59. The van der Waals surface area contributed by atoms with Crippen molar-refractivity contribution >= 4 is 34.4 Å². The van der Waals surface area contributed by atoms with E-state index in [9.17, 15) is 14.9 Å². The van der Waals surface area contributed by atoms with E-state index in [4.69, 9.17) is 9.15 Å². The van der Waals surface area contributed by atoms with E-state index in [0.717, 1.165) is 22.6 Å². The number of anilines is 1. The maximum atomic E-state index is 12.3. The molecule has 1 unspecified atom stereocenters. The minimum atomic E-state index is -0.442. The first-order valence-electron chi connectivity index (χ1n) is 10.6. The molecule has 1 aliphatic carbocycles. The van der Waals surface area contributed by atoms with E-state index in [1.54, 1.807) is 18.2 Å². The lowest BCUT2D eigenvalue weighted by molar-refractivity contribution is -0.111. The van der Waals surface area contributed by atoms with E-state index in [2.05, 4.69) is 16.7 Å². The van der Waals surface area contributed by atoms with Gasteiger partial charge in [0.2, 0.25) is 5.91 Å². The first-order valence-corrected chi connectivity index (χ1v) is 11.4. The highest BCUT2D eigenvalue weighted by molar-refractivity contribution is 7.16. The Morgan fingerprint density at radius 3 is 3.00 bits per heavy atom. The van der Waals surface area contributed by atoms with Gasteiger partial charge in [-0.15, -0.1) is 11.3 Å². The molecule has 0 bridgehead atoms. The van der Waals surface area contributed by atoms with E-state index in [1.807, 2.05) is 29.9 Å². The average molecular weight is 465 g/mol. The van der Waals surface area contributed by atoms with Crippen molar-refractivity contribution in [1.29, 1.82) is 5.26 Å². The summed E-state index contributed by atoms with van der Waals surface area (Å²) in [6.45, 7) is 0.719. The molecular weight excluding hydrogens is 440 g/mol. The van der Waals surface area contributed by atoms with Gasteiger partial charge in [0, 0.05) is 29.9 Å². The number of carbonyl (C=O) groups is 2. The van der Waals surface area contributed by atoms with Crippen molar-refractivity contribution in [2.24, 2.45) is 13.0 Å². The molecule has 3 heterocycles. The molecule has 170 valence electrons. The van der Waals surface area contributed by atoms with Gasteiger partial charge in [0.25, 0.3) is 0 Å². The van der Waals surface area contributed by atoms with Crippen LogP contribution in [0.3, 0.4) is 0 Å². The number of amides is 2. The predicted octanol–water partition coefficient (Wildman–Crippen LogP) is 4.23. The van der Waals surface area contributed by atoms with Gasteiger partial charge in [-0.05, 0) is 61.1 Å². The van der Waals surface area contributed by atoms with Crippen LogP contribution >= 0.6 is 11.3 Å². The molecule has 33 heavy (non-hydrogen) atoms. The summed E-state index contributed by atoms with van der Waals surface area (Å²) < 4.78 is 12.5. The van der Waals surface area contributed by atoms with Crippen molar-refractivity contribution in [3.63, 3.8) is 0 Å². The molecule has 8 nitrogen and oxygen atoms in total. The number of fused-ring (bicyclic) bond motifs is 1. The van der Waals surface area contributed by atoms with Crippen LogP contribution in [0.25, 0.3) is 6.08 Å². The Kier molecular flexibility index (Phi) is 6.95. The SMILES string of the molecule is Cn1cccc1CNC(=O)OCC1CCc2c(sc(NC(=O)C=Cc3ccco3)c2C#N)C1.